The molecule has 0 aliphatic rings. The van der Waals surface area contributed by atoms with E-state index in [1.807, 2.05) is 6.92 Å². The first-order chi connectivity index (χ1) is 14.1. The van der Waals surface area contributed by atoms with Crippen LogP contribution in [0.3, 0.4) is 0 Å². The molecular formula is C21H27FN2O5S. The summed E-state index contributed by atoms with van der Waals surface area (Å²) in [6.45, 7) is 7.21. The number of hydrogen-bond acceptors (Lipinski definition) is 5. The van der Waals surface area contributed by atoms with Crippen LogP contribution in [0.4, 0.5) is 4.39 Å². The fraction of sp³-hybridized carbons (Fsp3) is 0.429. The van der Waals surface area contributed by atoms with Crippen LogP contribution in [-0.4, -0.2) is 49.2 Å². The zero-order valence-corrected chi connectivity index (χ0v) is 18.7. The van der Waals surface area contributed by atoms with E-state index >= 15 is 0 Å². The van der Waals surface area contributed by atoms with E-state index in [0.29, 0.717) is 29.8 Å². The van der Waals surface area contributed by atoms with E-state index in [2.05, 4.69) is 0 Å². The Kier molecular flexibility index (Phi) is 7.54. The third kappa shape index (κ3) is 4.46. The lowest BCUT2D eigenvalue weighted by molar-refractivity contribution is 0.0587. The van der Waals surface area contributed by atoms with Gasteiger partial charge in [-0.2, -0.15) is 4.31 Å². The van der Waals surface area contributed by atoms with Crippen LogP contribution in [0.2, 0.25) is 0 Å². The van der Waals surface area contributed by atoms with Gasteiger partial charge >= 0.3 is 5.97 Å². The molecular weight excluding hydrogens is 411 g/mol. The van der Waals surface area contributed by atoms with Crippen molar-refractivity contribution in [1.82, 2.24) is 8.87 Å². The molecule has 0 saturated carbocycles. The van der Waals surface area contributed by atoms with E-state index in [0.717, 1.165) is 16.4 Å². The number of hydrogen-bond donors (Lipinski definition) is 0. The molecule has 0 fully saturated rings. The Labute approximate surface area is 176 Å². The molecule has 1 aromatic heterocycles. The number of rotatable bonds is 9. The quantitative estimate of drug-likeness (QED) is 0.443. The average Bonchev–Trinajstić information content (AvgIpc) is 2.96. The molecule has 0 spiro atoms. The summed E-state index contributed by atoms with van der Waals surface area (Å²) in [7, 11) is -2.72. The first-order valence-corrected chi connectivity index (χ1v) is 11.1. The Morgan fingerprint density at radius 1 is 1.13 bits per heavy atom. The maximum Gasteiger partial charge on any atom is 0.354 e. The van der Waals surface area contributed by atoms with Crippen molar-refractivity contribution in [2.75, 3.05) is 20.2 Å². The third-order valence-corrected chi connectivity index (χ3v) is 6.84. The molecule has 1 aromatic carbocycles. The maximum absolute atomic E-state index is 13.2. The van der Waals surface area contributed by atoms with Crippen molar-refractivity contribution >= 4 is 21.8 Å². The molecule has 2 aromatic rings. The van der Waals surface area contributed by atoms with Crippen LogP contribution in [0.15, 0.2) is 29.2 Å². The Morgan fingerprint density at radius 2 is 1.73 bits per heavy atom. The molecule has 0 radical (unpaired) electrons. The van der Waals surface area contributed by atoms with Gasteiger partial charge in [0.15, 0.2) is 5.78 Å². The van der Waals surface area contributed by atoms with Gasteiger partial charge in [0, 0.05) is 24.3 Å². The largest absolute Gasteiger partial charge is 0.464 e. The fourth-order valence-electron chi connectivity index (χ4n) is 3.59. The fourth-order valence-corrected chi connectivity index (χ4v) is 5.08. The van der Waals surface area contributed by atoms with Crippen LogP contribution < -0.4 is 0 Å². The van der Waals surface area contributed by atoms with E-state index in [1.165, 1.54) is 19.2 Å². The van der Waals surface area contributed by atoms with Crippen LogP contribution >= 0.6 is 0 Å². The van der Waals surface area contributed by atoms with E-state index in [-0.39, 0.29) is 23.7 Å². The number of ketones is 1. The minimum atomic E-state index is -3.99. The summed E-state index contributed by atoms with van der Waals surface area (Å²) in [5, 5.41) is 0. The smallest absolute Gasteiger partial charge is 0.354 e. The van der Waals surface area contributed by atoms with Crippen molar-refractivity contribution in [1.29, 1.82) is 0 Å². The molecule has 0 amide bonds. The zero-order valence-electron chi connectivity index (χ0n) is 17.9. The second-order valence-electron chi connectivity index (χ2n) is 6.89. The molecule has 0 bridgehead atoms. The Hall–Kier alpha value is -2.52. The Bertz CT molecular complexity index is 1040. The van der Waals surface area contributed by atoms with Gasteiger partial charge in [-0.3, -0.25) is 4.79 Å². The van der Waals surface area contributed by atoms with Gasteiger partial charge in [0.1, 0.15) is 11.5 Å². The minimum absolute atomic E-state index is 0.0834. The summed E-state index contributed by atoms with van der Waals surface area (Å²) in [4.78, 5) is 25.3. The highest BCUT2D eigenvalue weighted by Gasteiger charge is 2.31. The number of carbonyl (C=O) groups is 2. The third-order valence-electron chi connectivity index (χ3n) is 4.98. The first kappa shape index (κ1) is 23.8. The highest BCUT2D eigenvalue weighted by molar-refractivity contribution is 7.89. The molecule has 164 valence electrons. The molecule has 0 aliphatic carbocycles. The average molecular weight is 439 g/mol. The summed E-state index contributed by atoms with van der Waals surface area (Å²) < 4.78 is 46.9. The van der Waals surface area contributed by atoms with E-state index < -0.39 is 27.6 Å². The number of Topliss-reactive ketones (excluding diaryl/α,β-unsaturated/α-hetero) is 1. The molecule has 9 heteroatoms. The number of ether oxygens (including phenoxy) is 1. The van der Waals surface area contributed by atoms with Crippen molar-refractivity contribution < 1.29 is 27.1 Å². The van der Waals surface area contributed by atoms with Gasteiger partial charge < -0.3 is 9.30 Å². The van der Waals surface area contributed by atoms with Gasteiger partial charge in [-0.15, -0.1) is 0 Å². The lowest BCUT2D eigenvalue weighted by Crippen LogP contribution is -2.36. The Morgan fingerprint density at radius 3 is 2.23 bits per heavy atom. The predicted molar refractivity (Wildman–Crippen MR) is 111 cm³/mol. The van der Waals surface area contributed by atoms with Crippen LogP contribution in [0.25, 0.3) is 0 Å². The van der Waals surface area contributed by atoms with Crippen LogP contribution in [0, 0.1) is 19.7 Å². The maximum atomic E-state index is 13.2. The number of aromatic nitrogens is 1. The minimum Gasteiger partial charge on any atom is -0.464 e. The molecule has 7 nitrogen and oxygen atoms in total. The molecule has 1 heterocycles. The number of esters is 1. The molecule has 0 aliphatic heterocycles. The summed E-state index contributed by atoms with van der Waals surface area (Å²) in [6, 6.07) is 4.49. The summed E-state index contributed by atoms with van der Waals surface area (Å²) in [5.41, 5.74) is 1.63. The molecule has 0 unspecified atom stereocenters. The zero-order chi connectivity index (χ0) is 22.6. The monoisotopic (exact) mass is 438 g/mol. The number of carbonyl (C=O) groups excluding carboxylic acids is 2. The van der Waals surface area contributed by atoms with Crippen LogP contribution in [0.1, 0.15) is 52.4 Å². The van der Waals surface area contributed by atoms with Gasteiger partial charge in [0.2, 0.25) is 10.0 Å². The summed E-state index contributed by atoms with van der Waals surface area (Å²) in [5.74, 6) is -1.52. The molecule has 0 N–H and O–H groups in total. The van der Waals surface area contributed by atoms with Gasteiger partial charge in [-0.25, -0.2) is 17.6 Å². The lowest BCUT2D eigenvalue weighted by Gasteiger charge is -2.21. The Balaban J connectivity index is 2.46. The first-order valence-electron chi connectivity index (χ1n) is 9.66. The SMILES string of the molecule is CCCN(CC(=O)c1c(C)c(C(=O)OC)n(CC)c1C)S(=O)(=O)c1ccc(F)cc1. The number of nitrogens with zero attached hydrogens (tertiary/aromatic N) is 2. The highest BCUT2D eigenvalue weighted by Crippen LogP contribution is 2.25. The van der Waals surface area contributed by atoms with Crippen LogP contribution in [-0.2, 0) is 21.3 Å². The van der Waals surface area contributed by atoms with E-state index in [1.54, 1.807) is 25.3 Å². The van der Waals surface area contributed by atoms with E-state index in [9.17, 15) is 22.4 Å². The van der Waals surface area contributed by atoms with Crippen LogP contribution in [0.5, 0.6) is 0 Å². The standard InChI is InChI=1S/C21H27FN2O5S/c1-6-12-23(30(27,28)17-10-8-16(22)9-11-17)13-18(25)19-14(3)20(21(26)29-5)24(7-2)15(19)4/h8-11H,6-7,12-13H2,1-5H3. The van der Waals surface area contributed by atoms with Crippen molar-refractivity contribution in [3.8, 4) is 0 Å². The number of methoxy groups -OCH3 is 1. The summed E-state index contributed by atoms with van der Waals surface area (Å²) in [6.07, 6.45) is 0.495. The number of sulfonamides is 1. The van der Waals surface area contributed by atoms with Gasteiger partial charge in [0.05, 0.1) is 18.6 Å². The van der Waals surface area contributed by atoms with Crippen molar-refractivity contribution in [3.05, 3.63) is 52.6 Å². The van der Waals surface area contributed by atoms with Gasteiger partial charge in [0.25, 0.3) is 0 Å². The second-order valence-corrected chi connectivity index (χ2v) is 8.82. The van der Waals surface area contributed by atoms with Crippen molar-refractivity contribution in [3.63, 3.8) is 0 Å². The summed E-state index contributed by atoms with van der Waals surface area (Å²) >= 11 is 0. The van der Waals surface area contributed by atoms with Gasteiger partial charge in [-0.1, -0.05) is 6.92 Å². The molecule has 0 saturated heterocycles. The lowest BCUT2D eigenvalue weighted by atomic mass is 10.1. The number of halogens is 1. The molecule has 30 heavy (non-hydrogen) atoms. The number of benzene rings is 1. The molecule has 0 atom stereocenters. The van der Waals surface area contributed by atoms with Crippen molar-refractivity contribution in [2.24, 2.45) is 0 Å². The van der Waals surface area contributed by atoms with E-state index in [4.69, 9.17) is 4.74 Å². The normalized spacial score (nSPS) is 11.7. The van der Waals surface area contributed by atoms with Crippen molar-refractivity contribution in [2.45, 2.75) is 45.6 Å². The predicted octanol–water partition coefficient (Wildman–Crippen LogP) is 3.33. The van der Waals surface area contributed by atoms with Gasteiger partial charge in [-0.05, 0) is 57.0 Å². The highest BCUT2D eigenvalue weighted by atomic mass is 32.2. The molecule has 2 rings (SSSR count). The second kappa shape index (κ2) is 9.53. The topological polar surface area (TPSA) is 85.7 Å².